The van der Waals surface area contributed by atoms with Gasteiger partial charge in [-0.05, 0) is 66.7 Å². The predicted octanol–water partition coefficient (Wildman–Crippen LogP) is 8.60. The lowest BCUT2D eigenvalue weighted by molar-refractivity contribution is -0.541. The first-order chi connectivity index (χ1) is 21.7. The van der Waals surface area contributed by atoms with Crippen molar-refractivity contribution in [1.29, 1.82) is 0 Å². The van der Waals surface area contributed by atoms with Gasteiger partial charge in [-0.1, -0.05) is 60.7 Å². The highest BCUT2D eigenvalue weighted by Gasteiger charge is 2.27. The van der Waals surface area contributed by atoms with Gasteiger partial charge < -0.3 is 9.13 Å². The predicted molar refractivity (Wildman–Crippen MR) is 181 cm³/mol. The Labute approximate surface area is 252 Å². The number of hydrogen-bond acceptors (Lipinski definition) is 0. The highest BCUT2D eigenvalue weighted by Crippen LogP contribution is 2.36. The van der Waals surface area contributed by atoms with Crippen molar-refractivity contribution in [2.75, 3.05) is 0 Å². The SMILES string of the molecule is Cn1c2ccc(-n3c4ccccc4c4ccccc43)cc2c2ccc(-[n+]3c4ccccc4n4c5ccccc5n(C)c43)cc21. The summed E-state index contributed by atoms with van der Waals surface area (Å²) < 4.78 is 11.8. The summed E-state index contributed by atoms with van der Waals surface area (Å²) in [6.45, 7) is 0. The summed E-state index contributed by atoms with van der Waals surface area (Å²) >= 11 is 0. The van der Waals surface area contributed by atoms with Gasteiger partial charge in [0.05, 0.1) is 23.6 Å². The van der Waals surface area contributed by atoms with Gasteiger partial charge in [-0.3, -0.25) is 0 Å². The molecule has 44 heavy (non-hydrogen) atoms. The van der Waals surface area contributed by atoms with Crippen molar-refractivity contribution in [3.63, 3.8) is 0 Å². The van der Waals surface area contributed by atoms with Crippen LogP contribution in [0.3, 0.4) is 0 Å². The summed E-state index contributed by atoms with van der Waals surface area (Å²) in [4.78, 5) is 0. The van der Waals surface area contributed by atoms with Gasteiger partial charge in [0.15, 0.2) is 0 Å². The van der Waals surface area contributed by atoms with Crippen molar-refractivity contribution in [2.45, 2.75) is 0 Å². The molecule has 0 aliphatic heterocycles. The van der Waals surface area contributed by atoms with Gasteiger partial charge in [-0.25, -0.2) is 4.57 Å². The van der Waals surface area contributed by atoms with E-state index in [4.69, 9.17) is 0 Å². The largest absolute Gasteiger partial charge is 0.375 e. The van der Waals surface area contributed by atoms with Crippen LogP contribution in [-0.2, 0) is 14.1 Å². The Kier molecular flexibility index (Phi) is 4.52. The molecule has 0 amide bonds. The maximum atomic E-state index is 2.40. The van der Waals surface area contributed by atoms with Gasteiger partial charge in [0, 0.05) is 45.9 Å². The summed E-state index contributed by atoms with van der Waals surface area (Å²) in [7, 11) is 4.35. The minimum Gasteiger partial charge on any atom is -0.344 e. The Balaban J connectivity index is 1.24. The fourth-order valence-electron chi connectivity index (χ4n) is 7.66. The monoisotopic (exact) mass is 566 g/mol. The molecule has 5 heteroatoms. The Morgan fingerprint density at radius 2 is 1.05 bits per heavy atom. The van der Waals surface area contributed by atoms with Gasteiger partial charge in [-0.15, -0.1) is 0 Å². The van der Waals surface area contributed by atoms with Crippen LogP contribution in [0.4, 0.5) is 0 Å². The molecule has 0 N–H and O–H groups in total. The molecule has 10 rings (SSSR count). The number of rotatable bonds is 2. The highest BCUT2D eigenvalue weighted by molar-refractivity contribution is 6.11. The van der Waals surface area contributed by atoms with E-state index in [1.165, 1.54) is 71.4 Å². The van der Waals surface area contributed by atoms with Crippen LogP contribution in [0.2, 0.25) is 0 Å². The summed E-state index contributed by atoms with van der Waals surface area (Å²) in [5.74, 6) is 1.14. The number of aromatic nitrogens is 5. The lowest BCUT2D eigenvalue weighted by Crippen LogP contribution is -2.32. The second-order valence-corrected chi connectivity index (χ2v) is 11.8. The minimum atomic E-state index is 1.14. The average Bonchev–Trinajstić information content (AvgIpc) is 3.77. The Hall–Kier alpha value is -5.81. The zero-order chi connectivity index (χ0) is 29.1. The zero-order valence-corrected chi connectivity index (χ0v) is 24.4. The Bertz CT molecular complexity index is 2750. The minimum absolute atomic E-state index is 1.14. The van der Waals surface area contributed by atoms with E-state index in [1.54, 1.807) is 0 Å². The van der Waals surface area contributed by atoms with E-state index in [9.17, 15) is 0 Å². The molecule has 0 saturated carbocycles. The van der Waals surface area contributed by atoms with E-state index in [0.29, 0.717) is 0 Å². The van der Waals surface area contributed by atoms with Crippen molar-refractivity contribution >= 4 is 71.5 Å². The number of hydrogen-bond donors (Lipinski definition) is 0. The summed E-state index contributed by atoms with van der Waals surface area (Å²) in [6.07, 6.45) is 0. The second-order valence-electron chi connectivity index (χ2n) is 11.8. The third-order valence-electron chi connectivity index (χ3n) is 9.62. The Morgan fingerprint density at radius 1 is 0.432 bits per heavy atom. The number of benzene rings is 6. The molecule has 0 unspecified atom stereocenters. The van der Waals surface area contributed by atoms with E-state index in [0.717, 1.165) is 11.5 Å². The molecule has 0 aliphatic rings. The molecule has 6 aromatic carbocycles. The topological polar surface area (TPSA) is 23.1 Å². The van der Waals surface area contributed by atoms with Gasteiger partial charge in [0.1, 0.15) is 27.8 Å². The summed E-state index contributed by atoms with van der Waals surface area (Å²) in [6, 6.07) is 48.6. The van der Waals surface area contributed by atoms with Crippen LogP contribution in [-0.4, -0.2) is 18.1 Å². The Morgan fingerprint density at radius 3 is 1.80 bits per heavy atom. The molecule has 0 aliphatic carbocycles. The molecular weight excluding hydrogens is 538 g/mol. The average molecular weight is 567 g/mol. The molecule has 0 bridgehead atoms. The van der Waals surface area contributed by atoms with E-state index in [1.807, 2.05) is 0 Å². The molecule has 208 valence electrons. The first-order valence-corrected chi connectivity index (χ1v) is 15.1. The summed E-state index contributed by atoms with van der Waals surface area (Å²) in [5.41, 5.74) is 12.0. The third-order valence-corrected chi connectivity index (χ3v) is 9.62. The maximum Gasteiger partial charge on any atom is 0.375 e. The van der Waals surface area contributed by atoms with Crippen LogP contribution < -0.4 is 4.57 Å². The van der Waals surface area contributed by atoms with Crippen molar-refractivity contribution in [3.8, 4) is 11.4 Å². The molecule has 0 spiro atoms. The number of aryl methyl sites for hydroxylation is 2. The van der Waals surface area contributed by atoms with Crippen LogP contribution >= 0.6 is 0 Å². The fraction of sp³-hybridized carbons (Fsp3) is 0.0513. The third kappa shape index (κ3) is 2.91. The molecule has 0 atom stereocenters. The van der Waals surface area contributed by atoms with Crippen LogP contribution in [0.15, 0.2) is 133 Å². The van der Waals surface area contributed by atoms with Crippen molar-refractivity contribution < 1.29 is 4.57 Å². The van der Waals surface area contributed by atoms with Crippen LogP contribution in [0.25, 0.3) is 82.8 Å². The molecule has 0 radical (unpaired) electrons. The quantitative estimate of drug-likeness (QED) is 0.187. The van der Waals surface area contributed by atoms with E-state index >= 15 is 0 Å². The number of nitrogens with zero attached hydrogens (tertiary/aromatic N) is 5. The van der Waals surface area contributed by atoms with E-state index < -0.39 is 0 Å². The molecule has 10 aromatic rings. The molecular formula is C39H28N5+. The number of para-hydroxylation sites is 6. The van der Waals surface area contributed by atoms with Crippen molar-refractivity contribution in [1.82, 2.24) is 18.1 Å². The lowest BCUT2D eigenvalue weighted by Gasteiger charge is -2.08. The maximum absolute atomic E-state index is 2.40. The molecule has 4 aromatic heterocycles. The first-order valence-electron chi connectivity index (χ1n) is 15.1. The lowest BCUT2D eigenvalue weighted by atomic mass is 10.1. The smallest absolute Gasteiger partial charge is 0.344 e. The van der Waals surface area contributed by atoms with Crippen LogP contribution in [0.5, 0.6) is 0 Å². The van der Waals surface area contributed by atoms with Gasteiger partial charge in [0.25, 0.3) is 0 Å². The molecule has 0 fully saturated rings. The molecule has 5 nitrogen and oxygen atoms in total. The normalized spacial score (nSPS) is 12.3. The second kappa shape index (κ2) is 8.39. The standard InChI is InChI=1S/C39H28N5/c1-40-31-22-20-25(42-32-13-5-3-11-27(32)28-12-4-6-14-33(28)42)23-30(31)29-21-19-26(24-38(29)40)43-36-17-9-10-18-37(36)44-35-16-8-7-15-34(35)41(2)39(43)44/h3-24H,1-2H3/q+1. The highest BCUT2D eigenvalue weighted by atomic mass is 15.3. The van der Waals surface area contributed by atoms with E-state index in [-0.39, 0.29) is 0 Å². The number of imidazole rings is 2. The summed E-state index contributed by atoms with van der Waals surface area (Å²) in [5, 5.41) is 5.07. The first kappa shape index (κ1) is 23.7. The van der Waals surface area contributed by atoms with Crippen LogP contribution in [0, 0.1) is 0 Å². The number of fused-ring (bicyclic) bond motifs is 11. The van der Waals surface area contributed by atoms with Gasteiger partial charge in [-0.2, -0.15) is 8.97 Å². The molecule has 4 heterocycles. The van der Waals surface area contributed by atoms with Crippen LogP contribution in [0.1, 0.15) is 0 Å². The van der Waals surface area contributed by atoms with E-state index in [2.05, 4.69) is 170 Å². The van der Waals surface area contributed by atoms with Gasteiger partial charge in [0.2, 0.25) is 0 Å². The van der Waals surface area contributed by atoms with Crippen molar-refractivity contribution in [2.24, 2.45) is 14.1 Å². The zero-order valence-electron chi connectivity index (χ0n) is 24.4. The van der Waals surface area contributed by atoms with Crippen molar-refractivity contribution in [3.05, 3.63) is 133 Å². The fourth-order valence-corrected chi connectivity index (χ4v) is 7.66. The molecule has 0 saturated heterocycles. The van der Waals surface area contributed by atoms with Gasteiger partial charge >= 0.3 is 5.78 Å².